The average Bonchev–Trinajstić information content (AvgIpc) is 3.62. The molecular weight excluding hydrogens is 502 g/mol. The quantitative estimate of drug-likeness (QED) is 0.272. The molecule has 1 aromatic carbocycles. The standard InChI is InChI=1S/C30H21N9O/c40-26(10-18-6-2-1-3-7-18)35-21-11-19(13-31-15-21)20-12-22-28(38-39-29(22)34-14-20)30-36-25-17-32-16-23(27(25)37-30)24-8-4-5-9-33-24/h1-9,11-17H,10H2,(H,35,40)(H,36,37)(H,34,38,39). The minimum atomic E-state index is -0.111. The fourth-order valence-corrected chi connectivity index (χ4v) is 4.65. The fraction of sp³-hybridized carbons (Fsp3) is 0.0333. The largest absolute Gasteiger partial charge is 0.335 e. The maximum absolute atomic E-state index is 12.6. The van der Waals surface area contributed by atoms with Crippen molar-refractivity contribution in [2.75, 3.05) is 5.32 Å². The predicted octanol–water partition coefficient (Wildman–Crippen LogP) is 5.20. The van der Waals surface area contributed by atoms with Gasteiger partial charge in [-0.05, 0) is 29.8 Å². The van der Waals surface area contributed by atoms with Crippen molar-refractivity contribution in [3.05, 3.63) is 103 Å². The molecule has 10 heteroatoms. The van der Waals surface area contributed by atoms with Crippen molar-refractivity contribution in [3.63, 3.8) is 0 Å². The number of fused-ring (bicyclic) bond motifs is 2. The lowest BCUT2D eigenvalue weighted by molar-refractivity contribution is -0.115. The van der Waals surface area contributed by atoms with Crippen molar-refractivity contribution in [1.29, 1.82) is 0 Å². The highest BCUT2D eigenvalue weighted by atomic mass is 16.1. The van der Waals surface area contributed by atoms with Crippen LogP contribution in [0.25, 0.3) is 56.0 Å². The smallest absolute Gasteiger partial charge is 0.228 e. The van der Waals surface area contributed by atoms with Crippen molar-refractivity contribution in [2.24, 2.45) is 0 Å². The van der Waals surface area contributed by atoms with Gasteiger partial charge in [0.2, 0.25) is 5.91 Å². The molecule has 10 nitrogen and oxygen atoms in total. The second-order valence-corrected chi connectivity index (χ2v) is 9.25. The number of hydrogen-bond acceptors (Lipinski definition) is 7. The van der Waals surface area contributed by atoms with Crippen LogP contribution in [0, 0.1) is 0 Å². The van der Waals surface area contributed by atoms with Crippen LogP contribution in [-0.4, -0.2) is 46.0 Å². The Morgan fingerprint density at radius 1 is 0.850 bits per heavy atom. The summed E-state index contributed by atoms with van der Waals surface area (Å²) in [7, 11) is 0. The van der Waals surface area contributed by atoms with Gasteiger partial charge in [-0.25, -0.2) is 9.97 Å². The van der Waals surface area contributed by atoms with Crippen molar-refractivity contribution < 1.29 is 4.79 Å². The number of rotatable bonds is 6. The molecule has 1 amide bonds. The molecule has 40 heavy (non-hydrogen) atoms. The summed E-state index contributed by atoms with van der Waals surface area (Å²) in [4.78, 5) is 38.5. The number of amides is 1. The van der Waals surface area contributed by atoms with Crippen LogP contribution in [0.1, 0.15) is 5.56 Å². The van der Waals surface area contributed by atoms with Crippen LogP contribution in [-0.2, 0) is 11.2 Å². The number of hydrogen-bond donors (Lipinski definition) is 3. The number of pyridine rings is 4. The summed E-state index contributed by atoms with van der Waals surface area (Å²) in [6, 6.07) is 19.2. The van der Waals surface area contributed by atoms with Gasteiger partial charge in [0.25, 0.3) is 0 Å². The van der Waals surface area contributed by atoms with Crippen LogP contribution in [0.4, 0.5) is 5.69 Å². The van der Waals surface area contributed by atoms with E-state index in [1.165, 1.54) is 0 Å². The summed E-state index contributed by atoms with van der Waals surface area (Å²) < 4.78 is 0. The second-order valence-electron chi connectivity index (χ2n) is 9.25. The zero-order valence-corrected chi connectivity index (χ0v) is 21.0. The summed E-state index contributed by atoms with van der Waals surface area (Å²) in [6.07, 6.45) is 10.6. The Labute approximate surface area is 227 Å². The van der Waals surface area contributed by atoms with Gasteiger partial charge in [-0.1, -0.05) is 36.4 Å². The van der Waals surface area contributed by atoms with E-state index in [1.807, 2.05) is 60.7 Å². The molecule has 0 aliphatic carbocycles. The lowest BCUT2D eigenvalue weighted by Crippen LogP contribution is -2.14. The highest BCUT2D eigenvalue weighted by Gasteiger charge is 2.17. The number of H-pyrrole nitrogens is 2. The molecule has 0 radical (unpaired) electrons. The van der Waals surface area contributed by atoms with Crippen molar-refractivity contribution in [3.8, 4) is 33.9 Å². The average molecular weight is 524 g/mol. The maximum atomic E-state index is 12.6. The molecule has 0 spiro atoms. The third-order valence-electron chi connectivity index (χ3n) is 6.54. The molecule has 0 atom stereocenters. The lowest BCUT2D eigenvalue weighted by atomic mass is 10.1. The fourth-order valence-electron chi connectivity index (χ4n) is 4.65. The monoisotopic (exact) mass is 523 g/mol. The SMILES string of the molecule is O=C(Cc1ccccc1)Nc1cncc(-c2cnc3[nH]nc(-c4nc5c(-c6ccccn6)cncc5[nH]4)c3c2)c1. The number of imidazole rings is 1. The van der Waals surface area contributed by atoms with E-state index in [0.717, 1.165) is 44.4 Å². The first kappa shape index (κ1) is 23.4. The first-order chi connectivity index (χ1) is 19.7. The van der Waals surface area contributed by atoms with Gasteiger partial charge >= 0.3 is 0 Å². The van der Waals surface area contributed by atoms with Gasteiger partial charge in [0.15, 0.2) is 11.5 Å². The van der Waals surface area contributed by atoms with Crippen LogP contribution in [0.15, 0.2) is 97.8 Å². The summed E-state index contributed by atoms with van der Waals surface area (Å²) in [6.45, 7) is 0. The van der Waals surface area contributed by atoms with Gasteiger partial charge in [-0.15, -0.1) is 0 Å². The van der Waals surface area contributed by atoms with Gasteiger partial charge in [-0.3, -0.25) is 24.8 Å². The van der Waals surface area contributed by atoms with E-state index in [-0.39, 0.29) is 12.3 Å². The molecular formula is C30H21N9O. The van der Waals surface area contributed by atoms with Gasteiger partial charge < -0.3 is 10.3 Å². The number of aromatic amines is 2. The zero-order valence-electron chi connectivity index (χ0n) is 21.0. The molecule has 3 N–H and O–H groups in total. The van der Waals surface area contributed by atoms with Crippen molar-refractivity contribution in [1.82, 2.24) is 40.1 Å². The van der Waals surface area contributed by atoms with E-state index in [4.69, 9.17) is 4.98 Å². The van der Waals surface area contributed by atoms with Gasteiger partial charge in [0.05, 0.1) is 41.1 Å². The number of carbonyl (C=O) groups excluding carboxylic acids is 1. The van der Waals surface area contributed by atoms with E-state index in [2.05, 4.69) is 40.4 Å². The Morgan fingerprint density at radius 2 is 1.70 bits per heavy atom. The van der Waals surface area contributed by atoms with E-state index < -0.39 is 0 Å². The summed E-state index contributed by atoms with van der Waals surface area (Å²) in [5.41, 5.74) is 7.61. The summed E-state index contributed by atoms with van der Waals surface area (Å²) in [5, 5.41) is 11.2. The highest BCUT2D eigenvalue weighted by Crippen LogP contribution is 2.31. The maximum Gasteiger partial charge on any atom is 0.228 e. The summed E-state index contributed by atoms with van der Waals surface area (Å²) >= 11 is 0. The normalized spacial score (nSPS) is 11.2. The van der Waals surface area contributed by atoms with Gasteiger partial charge in [0.1, 0.15) is 11.2 Å². The van der Waals surface area contributed by atoms with Crippen LogP contribution in [0.5, 0.6) is 0 Å². The molecule has 6 heterocycles. The van der Waals surface area contributed by atoms with E-state index in [0.29, 0.717) is 22.9 Å². The number of anilines is 1. The van der Waals surface area contributed by atoms with E-state index in [1.54, 1.807) is 37.2 Å². The minimum absolute atomic E-state index is 0.111. The molecule has 7 aromatic rings. The third-order valence-corrected chi connectivity index (χ3v) is 6.54. The van der Waals surface area contributed by atoms with Crippen LogP contribution < -0.4 is 5.32 Å². The number of aromatic nitrogens is 8. The highest BCUT2D eigenvalue weighted by molar-refractivity contribution is 5.97. The number of nitrogens with zero attached hydrogens (tertiary/aromatic N) is 6. The lowest BCUT2D eigenvalue weighted by Gasteiger charge is -2.07. The first-order valence-corrected chi connectivity index (χ1v) is 12.6. The third kappa shape index (κ3) is 4.43. The summed E-state index contributed by atoms with van der Waals surface area (Å²) in [5.74, 6) is 0.478. The molecule has 0 aliphatic heterocycles. The Kier molecular flexibility index (Phi) is 5.74. The molecule has 0 aliphatic rings. The van der Waals surface area contributed by atoms with Crippen LogP contribution >= 0.6 is 0 Å². The number of benzene rings is 1. The van der Waals surface area contributed by atoms with E-state index in [9.17, 15) is 4.79 Å². The van der Waals surface area contributed by atoms with Crippen LogP contribution in [0.3, 0.4) is 0 Å². The Bertz CT molecular complexity index is 1980. The number of nitrogens with one attached hydrogen (secondary N) is 3. The molecule has 0 saturated heterocycles. The van der Waals surface area contributed by atoms with Gasteiger partial charge in [-0.2, -0.15) is 5.10 Å². The molecule has 0 unspecified atom stereocenters. The second kappa shape index (κ2) is 9.84. The van der Waals surface area contributed by atoms with Crippen LogP contribution in [0.2, 0.25) is 0 Å². The molecule has 0 fully saturated rings. The molecule has 0 bridgehead atoms. The van der Waals surface area contributed by atoms with E-state index >= 15 is 0 Å². The Morgan fingerprint density at radius 3 is 2.58 bits per heavy atom. The Hall–Kier alpha value is -5.77. The number of carbonyl (C=O) groups is 1. The molecule has 0 saturated carbocycles. The minimum Gasteiger partial charge on any atom is -0.335 e. The molecule has 7 rings (SSSR count). The Balaban J connectivity index is 1.21. The van der Waals surface area contributed by atoms with Crippen molar-refractivity contribution in [2.45, 2.75) is 6.42 Å². The van der Waals surface area contributed by atoms with Crippen molar-refractivity contribution >= 4 is 33.7 Å². The van der Waals surface area contributed by atoms with Gasteiger partial charge in [0, 0.05) is 41.5 Å². The predicted molar refractivity (Wildman–Crippen MR) is 152 cm³/mol. The first-order valence-electron chi connectivity index (χ1n) is 12.6. The zero-order chi connectivity index (χ0) is 26.9. The molecule has 192 valence electrons. The topological polar surface area (TPSA) is 138 Å². The molecule has 6 aromatic heterocycles.